The number of hydrogen-bond donors (Lipinski definition) is 0. The van der Waals surface area contributed by atoms with E-state index in [9.17, 15) is 0 Å². The predicted molar refractivity (Wildman–Crippen MR) is 102 cm³/mol. The van der Waals surface area contributed by atoms with Gasteiger partial charge in [-0.05, 0) is 51.7 Å². The minimum atomic E-state index is -0.877. The van der Waals surface area contributed by atoms with Gasteiger partial charge in [-0.15, -0.1) is 0 Å². The molecule has 0 N–H and O–H groups in total. The highest BCUT2D eigenvalue weighted by atomic mass is 16.7. The van der Waals surface area contributed by atoms with Crippen LogP contribution in [0.4, 0.5) is 0 Å². The molecule has 1 saturated heterocycles. The number of furan rings is 1. The second-order valence-corrected chi connectivity index (χ2v) is 7.48. The van der Waals surface area contributed by atoms with E-state index in [0.29, 0.717) is 11.1 Å². The average molecular weight is 337 g/mol. The smallest absolute Gasteiger partial charge is 0.461 e. The molecule has 0 bridgehead atoms. The fourth-order valence-electron chi connectivity index (χ4n) is 3.07. The maximum Gasteiger partial charge on any atom is 0.494 e. The van der Waals surface area contributed by atoms with Crippen LogP contribution in [0.5, 0.6) is 0 Å². The van der Waals surface area contributed by atoms with Crippen LogP contribution in [0, 0.1) is 6.92 Å². The molecule has 3 aromatic rings. The molecule has 2 aromatic carbocycles. The molecule has 0 saturated carbocycles. The summed E-state index contributed by atoms with van der Waals surface area (Å²) in [6.07, 6.45) is 0. The van der Waals surface area contributed by atoms with E-state index in [0.717, 1.165) is 11.1 Å². The number of fused-ring (bicyclic) bond motifs is 1. The average Bonchev–Trinajstić information content (AvgIpc) is 3.07. The van der Waals surface area contributed by atoms with Crippen molar-refractivity contribution < 1.29 is 17.8 Å². The van der Waals surface area contributed by atoms with Crippen molar-refractivity contribution in [3.05, 3.63) is 54.2 Å². The standard InChI is InChI=1S/C21H23BO3/c1-14-19(15-9-7-6-8-10-15)17-13-16(11-12-18(17)23-14)22-24-20(2,3)21(4,5)25-22/h6-13H,1-5H3/i11D,12D,13D. The van der Waals surface area contributed by atoms with Crippen LogP contribution in [-0.4, -0.2) is 18.3 Å². The third-order valence-corrected chi connectivity index (χ3v) is 5.21. The number of benzene rings is 2. The Bertz CT molecular complexity index is 1060. The van der Waals surface area contributed by atoms with E-state index >= 15 is 0 Å². The maximum atomic E-state index is 8.88. The Hall–Kier alpha value is -2.04. The second-order valence-electron chi connectivity index (χ2n) is 7.48. The Morgan fingerprint density at radius 3 is 2.24 bits per heavy atom. The summed E-state index contributed by atoms with van der Waals surface area (Å²) in [7, 11) is -0.877. The van der Waals surface area contributed by atoms with Crippen molar-refractivity contribution >= 4 is 23.6 Å². The molecule has 3 nitrogen and oxygen atoms in total. The van der Waals surface area contributed by atoms with E-state index in [1.165, 1.54) is 0 Å². The van der Waals surface area contributed by atoms with E-state index in [1.807, 2.05) is 65.0 Å². The fraction of sp³-hybridized carbons (Fsp3) is 0.333. The molecule has 0 aliphatic carbocycles. The van der Waals surface area contributed by atoms with Crippen LogP contribution in [0.3, 0.4) is 0 Å². The second kappa shape index (κ2) is 5.48. The zero-order valence-electron chi connectivity index (χ0n) is 18.2. The molecule has 128 valence electrons. The molecule has 4 rings (SSSR count). The van der Waals surface area contributed by atoms with Crippen molar-refractivity contribution in [2.24, 2.45) is 0 Å². The van der Waals surface area contributed by atoms with Gasteiger partial charge in [-0.1, -0.05) is 42.4 Å². The molecule has 1 aromatic heterocycles. The van der Waals surface area contributed by atoms with Gasteiger partial charge < -0.3 is 13.7 Å². The van der Waals surface area contributed by atoms with Crippen molar-refractivity contribution in [3.8, 4) is 11.1 Å². The zero-order chi connectivity index (χ0) is 20.4. The first-order valence-electron chi connectivity index (χ1n) is 9.99. The first-order chi connectivity index (χ1) is 13.0. The van der Waals surface area contributed by atoms with Crippen molar-refractivity contribution in [3.63, 3.8) is 0 Å². The highest BCUT2D eigenvalue weighted by Gasteiger charge is 2.51. The fourth-order valence-corrected chi connectivity index (χ4v) is 3.07. The van der Waals surface area contributed by atoms with Crippen LogP contribution in [-0.2, 0) is 9.31 Å². The van der Waals surface area contributed by atoms with Gasteiger partial charge in [0.25, 0.3) is 0 Å². The summed E-state index contributed by atoms with van der Waals surface area (Å²) >= 11 is 0. The Kier molecular flexibility index (Phi) is 2.90. The zero-order valence-corrected chi connectivity index (χ0v) is 15.2. The molecular weight excluding hydrogens is 311 g/mol. The summed E-state index contributed by atoms with van der Waals surface area (Å²) in [5.74, 6) is 0.619. The van der Waals surface area contributed by atoms with Gasteiger partial charge in [0.2, 0.25) is 0 Å². The first-order valence-corrected chi connectivity index (χ1v) is 8.49. The molecule has 25 heavy (non-hydrogen) atoms. The lowest BCUT2D eigenvalue weighted by atomic mass is 9.78. The Morgan fingerprint density at radius 2 is 1.60 bits per heavy atom. The first kappa shape index (κ1) is 13.2. The van der Waals surface area contributed by atoms with Gasteiger partial charge in [0.15, 0.2) is 0 Å². The molecule has 2 heterocycles. The molecule has 1 aliphatic heterocycles. The largest absolute Gasteiger partial charge is 0.494 e. The highest BCUT2D eigenvalue weighted by Crippen LogP contribution is 2.38. The number of hydrogen-bond acceptors (Lipinski definition) is 3. The van der Waals surface area contributed by atoms with E-state index in [2.05, 4.69) is 0 Å². The van der Waals surface area contributed by atoms with Gasteiger partial charge in [0.1, 0.15) is 11.3 Å². The SMILES string of the molecule is [2H]c1c(B2OC(C)(C)C(C)(C)O2)c([2H])c2c(-c3ccccc3)c(C)oc2c1[2H]. The van der Waals surface area contributed by atoms with E-state index in [1.54, 1.807) is 0 Å². The minimum Gasteiger partial charge on any atom is -0.461 e. The summed E-state index contributed by atoms with van der Waals surface area (Å²) in [5.41, 5.74) is 1.02. The van der Waals surface area contributed by atoms with Gasteiger partial charge in [-0.25, -0.2) is 0 Å². The van der Waals surface area contributed by atoms with Crippen LogP contribution in [0.1, 0.15) is 37.6 Å². The van der Waals surface area contributed by atoms with Crippen LogP contribution >= 0.6 is 0 Å². The number of rotatable bonds is 2. The highest BCUT2D eigenvalue weighted by molar-refractivity contribution is 6.62. The quantitative estimate of drug-likeness (QED) is 0.635. The van der Waals surface area contributed by atoms with Gasteiger partial charge in [-0.2, -0.15) is 0 Å². The topological polar surface area (TPSA) is 31.6 Å². The Balaban J connectivity index is 2.00. The minimum absolute atomic E-state index is 0.0546. The third kappa shape index (κ3) is 2.61. The molecule has 0 radical (unpaired) electrons. The van der Waals surface area contributed by atoms with E-state index < -0.39 is 18.3 Å². The molecule has 0 unspecified atom stereocenters. The lowest BCUT2D eigenvalue weighted by Gasteiger charge is -2.32. The van der Waals surface area contributed by atoms with Crippen LogP contribution in [0.2, 0.25) is 0 Å². The molecule has 0 atom stereocenters. The lowest BCUT2D eigenvalue weighted by molar-refractivity contribution is 0.00578. The van der Waals surface area contributed by atoms with Crippen molar-refractivity contribution in [1.29, 1.82) is 0 Å². The Morgan fingerprint density at radius 1 is 0.960 bits per heavy atom. The predicted octanol–water partition coefficient (Wildman–Crippen LogP) is 4.71. The van der Waals surface area contributed by atoms with Gasteiger partial charge in [0, 0.05) is 10.9 Å². The van der Waals surface area contributed by atoms with Crippen molar-refractivity contribution in [2.45, 2.75) is 45.8 Å². The van der Waals surface area contributed by atoms with Crippen molar-refractivity contribution in [1.82, 2.24) is 0 Å². The third-order valence-electron chi connectivity index (χ3n) is 5.21. The molecule has 1 aliphatic rings. The maximum absolute atomic E-state index is 8.88. The monoisotopic (exact) mass is 337 g/mol. The molecule has 4 heteroatoms. The van der Waals surface area contributed by atoms with Gasteiger partial charge >= 0.3 is 7.12 Å². The molecule has 0 spiro atoms. The summed E-state index contributed by atoms with van der Waals surface area (Å²) in [4.78, 5) is 0. The summed E-state index contributed by atoms with van der Waals surface area (Å²) in [6, 6.07) is 9.64. The lowest BCUT2D eigenvalue weighted by Crippen LogP contribution is -2.41. The van der Waals surface area contributed by atoms with E-state index in [-0.39, 0.29) is 29.2 Å². The van der Waals surface area contributed by atoms with Crippen LogP contribution < -0.4 is 5.46 Å². The Labute approximate surface area is 153 Å². The summed E-state index contributed by atoms with van der Waals surface area (Å²) < 4.78 is 43.9. The molecule has 1 fully saturated rings. The van der Waals surface area contributed by atoms with Crippen LogP contribution in [0.25, 0.3) is 22.1 Å². The van der Waals surface area contributed by atoms with Crippen molar-refractivity contribution in [2.75, 3.05) is 0 Å². The molecular formula is C21H23BO3. The van der Waals surface area contributed by atoms with E-state index in [4.69, 9.17) is 17.8 Å². The normalized spacial score (nSPS) is 20.5. The summed E-state index contributed by atoms with van der Waals surface area (Å²) in [5, 5.41) is 0.523. The number of aryl methyl sites for hydroxylation is 1. The molecule has 0 amide bonds. The summed E-state index contributed by atoms with van der Waals surface area (Å²) in [6.45, 7) is 9.53. The van der Waals surface area contributed by atoms with Gasteiger partial charge in [0.05, 0.1) is 15.3 Å². The van der Waals surface area contributed by atoms with Gasteiger partial charge in [-0.3, -0.25) is 0 Å². The van der Waals surface area contributed by atoms with Crippen LogP contribution in [0.15, 0.2) is 52.9 Å².